The summed E-state index contributed by atoms with van der Waals surface area (Å²) in [4.78, 5) is 37.4. The van der Waals surface area contributed by atoms with Gasteiger partial charge < -0.3 is 19.5 Å². The average Bonchev–Trinajstić information content (AvgIpc) is 2.77. The van der Waals surface area contributed by atoms with E-state index in [4.69, 9.17) is 9.47 Å². The van der Waals surface area contributed by atoms with E-state index >= 15 is 0 Å². The van der Waals surface area contributed by atoms with Crippen LogP contribution >= 0.6 is 0 Å². The van der Waals surface area contributed by atoms with Crippen LogP contribution in [-0.4, -0.2) is 60.9 Å². The number of amides is 1. The number of fused-ring (bicyclic) bond motifs is 1. The SMILES string of the molecule is CC1=C(C#CC(=O)N2CCOCC2)C(=O)COc2c1ccc(O)c2C=O. The molecule has 2 heterocycles. The first-order valence-corrected chi connectivity index (χ1v) is 8.10. The highest BCUT2D eigenvalue weighted by atomic mass is 16.5. The molecule has 0 bridgehead atoms. The topological polar surface area (TPSA) is 93.1 Å². The van der Waals surface area contributed by atoms with Gasteiger partial charge in [-0.3, -0.25) is 14.4 Å². The van der Waals surface area contributed by atoms with Gasteiger partial charge in [-0.15, -0.1) is 0 Å². The number of ketones is 1. The van der Waals surface area contributed by atoms with Crippen LogP contribution < -0.4 is 4.74 Å². The largest absolute Gasteiger partial charge is 0.507 e. The van der Waals surface area contributed by atoms with Crippen LogP contribution in [0.2, 0.25) is 0 Å². The first kappa shape index (κ1) is 17.7. The zero-order valence-corrected chi connectivity index (χ0v) is 14.2. The minimum atomic E-state index is -0.391. The van der Waals surface area contributed by atoms with Crippen LogP contribution in [0.5, 0.6) is 11.5 Å². The van der Waals surface area contributed by atoms with Gasteiger partial charge >= 0.3 is 0 Å². The van der Waals surface area contributed by atoms with Crippen molar-refractivity contribution in [2.45, 2.75) is 6.92 Å². The molecule has 0 aromatic heterocycles. The zero-order chi connectivity index (χ0) is 18.7. The minimum absolute atomic E-state index is 0.0201. The Hall–Kier alpha value is -3.11. The van der Waals surface area contributed by atoms with E-state index in [1.165, 1.54) is 6.07 Å². The summed E-state index contributed by atoms with van der Waals surface area (Å²) >= 11 is 0. The van der Waals surface area contributed by atoms with Gasteiger partial charge in [-0.2, -0.15) is 0 Å². The summed E-state index contributed by atoms with van der Waals surface area (Å²) in [5.74, 6) is 4.33. The number of hydrogen-bond donors (Lipinski definition) is 1. The highest BCUT2D eigenvalue weighted by molar-refractivity contribution is 6.10. The van der Waals surface area contributed by atoms with Crippen LogP contribution in [0.4, 0.5) is 0 Å². The predicted molar refractivity (Wildman–Crippen MR) is 91.8 cm³/mol. The molecule has 1 saturated heterocycles. The van der Waals surface area contributed by atoms with E-state index in [-0.39, 0.29) is 35.1 Å². The summed E-state index contributed by atoms with van der Waals surface area (Å²) in [5, 5.41) is 9.80. The van der Waals surface area contributed by atoms with Gasteiger partial charge in [0.25, 0.3) is 5.91 Å². The highest BCUT2D eigenvalue weighted by Crippen LogP contribution is 2.37. The third-order valence-electron chi connectivity index (χ3n) is 4.29. The van der Waals surface area contributed by atoms with E-state index in [0.29, 0.717) is 43.7 Å². The number of aromatic hydroxyl groups is 1. The van der Waals surface area contributed by atoms with Crippen LogP contribution in [0, 0.1) is 11.8 Å². The Balaban J connectivity index is 1.99. The van der Waals surface area contributed by atoms with Crippen LogP contribution in [0.25, 0.3) is 5.57 Å². The van der Waals surface area contributed by atoms with Crippen molar-refractivity contribution < 1.29 is 29.0 Å². The van der Waals surface area contributed by atoms with E-state index in [9.17, 15) is 19.5 Å². The third-order valence-corrected chi connectivity index (χ3v) is 4.29. The molecule has 1 aromatic carbocycles. The monoisotopic (exact) mass is 355 g/mol. The second-order valence-corrected chi connectivity index (χ2v) is 5.86. The van der Waals surface area contributed by atoms with E-state index in [1.54, 1.807) is 17.9 Å². The van der Waals surface area contributed by atoms with Gasteiger partial charge in [-0.05, 0) is 24.6 Å². The number of nitrogens with zero attached hydrogens (tertiary/aromatic N) is 1. The summed E-state index contributed by atoms with van der Waals surface area (Å²) in [6.07, 6.45) is 0.477. The quantitative estimate of drug-likeness (QED) is 0.592. The Bertz CT molecular complexity index is 868. The predicted octanol–water partition coefficient (Wildman–Crippen LogP) is 0.802. The van der Waals surface area contributed by atoms with Crippen LogP contribution in [0.15, 0.2) is 17.7 Å². The number of ether oxygens (including phenoxy) is 2. The lowest BCUT2D eigenvalue weighted by molar-refractivity contribution is -0.129. The Kier molecular flexibility index (Phi) is 5.05. The molecular weight excluding hydrogens is 338 g/mol. The number of hydrogen-bond acceptors (Lipinski definition) is 6. The first-order valence-electron chi connectivity index (χ1n) is 8.10. The first-order chi connectivity index (χ1) is 12.5. The Morgan fingerprint density at radius 2 is 2.04 bits per heavy atom. The summed E-state index contributed by atoms with van der Waals surface area (Å²) in [7, 11) is 0. The Morgan fingerprint density at radius 1 is 1.31 bits per heavy atom. The van der Waals surface area contributed by atoms with E-state index < -0.39 is 5.78 Å². The molecule has 2 aliphatic rings. The number of allylic oxidation sites excluding steroid dienone is 1. The summed E-state index contributed by atoms with van der Waals surface area (Å²) in [6.45, 7) is 3.20. The molecule has 2 aliphatic heterocycles. The molecule has 1 N–H and O–H groups in total. The number of morpholine rings is 1. The van der Waals surface area contributed by atoms with Crippen LogP contribution in [0.1, 0.15) is 22.8 Å². The van der Waals surface area contributed by atoms with Crippen molar-refractivity contribution in [1.82, 2.24) is 4.90 Å². The fraction of sp³-hybridized carbons (Fsp3) is 0.316. The lowest BCUT2D eigenvalue weighted by atomic mass is 9.97. The van der Waals surface area contributed by atoms with Gasteiger partial charge in [0.2, 0.25) is 5.78 Å². The molecule has 1 fully saturated rings. The molecule has 0 aliphatic carbocycles. The van der Waals surface area contributed by atoms with Crippen molar-refractivity contribution in [2.75, 3.05) is 32.9 Å². The molecule has 0 unspecified atom stereocenters. The van der Waals surface area contributed by atoms with E-state index in [1.807, 2.05) is 0 Å². The number of carbonyl (C=O) groups excluding carboxylic acids is 3. The number of phenols is 1. The minimum Gasteiger partial charge on any atom is -0.507 e. The number of rotatable bonds is 1. The smallest absolute Gasteiger partial charge is 0.298 e. The van der Waals surface area contributed by atoms with Crippen LogP contribution in [0.3, 0.4) is 0 Å². The second-order valence-electron chi connectivity index (χ2n) is 5.86. The average molecular weight is 355 g/mol. The van der Waals surface area contributed by atoms with Crippen molar-refractivity contribution in [3.05, 3.63) is 28.8 Å². The maximum Gasteiger partial charge on any atom is 0.298 e. The van der Waals surface area contributed by atoms with Crippen molar-refractivity contribution in [3.63, 3.8) is 0 Å². The molecule has 1 amide bonds. The van der Waals surface area contributed by atoms with Gasteiger partial charge in [0.15, 0.2) is 12.9 Å². The van der Waals surface area contributed by atoms with Crippen molar-refractivity contribution in [1.29, 1.82) is 0 Å². The summed E-state index contributed by atoms with van der Waals surface area (Å²) < 4.78 is 10.6. The zero-order valence-electron chi connectivity index (χ0n) is 14.2. The Morgan fingerprint density at radius 3 is 2.73 bits per heavy atom. The number of aldehydes is 1. The summed E-state index contributed by atoms with van der Waals surface area (Å²) in [5.41, 5.74) is 1.12. The van der Waals surface area contributed by atoms with Gasteiger partial charge in [0.1, 0.15) is 11.5 Å². The van der Waals surface area contributed by atoms with Gasteiger partial charge in [-0.1, -0.05) is 5.92 Å². The maximum absolute atomic E-state index is 12.4. The van der Waals surface area contributed by atoms with Crippen molar-refractivity contribution in [2.24, 2.45) is 0 Å². The van der Waals surface area contributed by atoms with E-state index in [0.717, 1.165) is 0 Å². The molecule has 0 saturated carbocycles. The second kappa shape index (κ2) is 7.42. The fourth-order valence-electron chi connectivity index (χ4n) is 2.83. The standard InChI is InChI=1S/C19H17NO6/c1-12-13(3-5-18(24)20-6-8-25-9-7-20)17(23)11-26-19-14(12)2-4-16(22)15(19)10-21/h2,4,10,22H,6-9,11H2,1H3. The lowest BCUT2D eigenvalue weighted by Crippen LogP contribution is -2.40. The lowest BCUT2D eigenvalue weighted by Gasteiger charge is -2.24. The van der Waals surface area contributed by atoms with Crippen LogP contribution in [-0.2, 0) is 14.3 Å². The number of phenolic OH excluding ortho intramolecular Hbond substituents is 1. The maximum atomic E-state index is 12.4. The molecule has 26 heavy (non-hydrogen) atoms. The fourth-order valence-corrected chi connectivity index (χ4v) is 2.83. The third kappa shape index (κ3) is 3.32. The highest BCUT2D eigenvalue weighted by Gasteiger charge is 2.24. The van der Waals surface area contributed by atoms with Gasteiger partial charge in [0.05, 0.1) is 24.4 Å². The van der Waals surface area contributed by atoms with Gasteiger partial charge in [-0.25, -0.2) is 0 Å². The molecule has 7 heteroatoms. The molecule has 134 valence electrons. The Labute approximate surface area is 150 Å². The molecule has 3 rings (SSSR count). The molecule has 0 atom stereocenters. The molecular formula is C19H17NO6. The summed E-state index contributed by atoms with van der Waals surface area (Å²) in [6, 6.07) is 2.91. The number of benzene rings is 1. The number of carbonyl (C=O) groups is 3. The number of Topliss-reactive ketones (excluding diaryl/α,β-unsaturated/α-hetero) is 1. The normalized spacial score (nSPS) is 16.8. The molecule has 1 aromatic rings. The molecule has 7 nitrogen and oxygen atoms in total. The van der Waals surface area contributed by atoms with Crippen molar-refractivity contribution in [3.8, 4) is 23.3 Å². The molecule has 0 spiro atoms. The molecule has 0 radical (unpaired) electrons. The van der Waals surface area contributed by atoms with Gasteiger partial charge in [0, 0.05) is 24.6 Å². The van der Waals surface area contributed by atoms with Crippen molar-refractivity contribution >= 4 is 23.5 Å². The van der Waals surface area contributed by atoms with E-state index in [2.05, 4.69) is 11.8 Å².